The molecule has 0 spiro atoms. The lowest BCUT2D eigenvalue weighted by Gasteiger charge is -2.18. The molecule has 0 saturated carbocycles. The second kappa shape index (κ2) is 18.4. The molecule has 0 rings (SSSR count). The molecule has 0 saturated heterocycles. The van der Waals surface area contributed by atoms with Gasteiger partial charge in [-0.05, 0) is 25.7 Å². The van der Waals surface area contributed by atoms with Gasteiger partial charge in [-0.1, -0.05) is 6.92 Å². The van der Waals surface area contributed by atoms with Gasteiger partial charge in [0.25, 0.3) is 0 Å². The maximum atomic E-state index is 12.3. The highest BCUT2D eigenvalue weighted by Crippen LogP contribution is 2.45. The van der Waals surface area contributed by atoms with Crippen molar-refractivity contribution in [1.29, 1.82) is 0 Å². The number of carbonyl (C=O) groups excluding carboxylic acids is 2. The van der Waals surface area contributed by atoms with E-state index < -0.39 is 93.1 Å². The summed E-state index contributed by atoms with van der Waals surface area (Å²) in [6, 6.07) is -1.37. The molecule has 38 heavy (non-hydrogen) atoms. The van der Waals surface area contributed by atoms with E-state index >= 15 is 0 Å². The van der Waals surface area contributed by atoms with E-state index in [2.05, 4.69) is 5.32 Å². The number of Topliss-reactive ketones (excluding diaryl/α,β-unsaturated/α-hetero) is 1. The fraction of sp³-hybridized carbons (Fsp3) is 0.727. The third kappa shape index (κ3) is 16.8. The Kier molecular flexibility index (Phi) is 17.0. The van der Waals surface area contributed by atoms with Crippen LogP contribution in [0.4, 0.5) is 0 Å². The number of ketones is 1. The van der Waals surface area contributed by atoms with Crippen molar-refractivity contribution in [3.05, 3.63) is 0 Å². The first kappa shape index (κ1) is 35.1. The van der Waals surface area contributed by atoms with Gasteiger partial charge in [0.2, 0.25) is 5.91 Å². The normalized spacial score (nSPS) is 15.0. The van der Waals surface area contributed by atoms with Crippen LogP contribution in [0.25, 0.3) is 0 Å². The van der Waals surface area contributed by atoms with Gasteiger partial charge in [0.05, 0.1) is 31.2 Å². The third-order valence-corrected chi connectivity index (χ3v) is 6.74. The fourth-order valence-electron chi connectivity index (χ4n) is 3.19. The molecule has 0 aromatic heterocycles. The van der Waals surface area contributed by atoms with Crippen LogP contribution in [-0.4, -0.2) is 92.9 Å². The topological polar surface area (TPSA) is 251 Å². The maximum Gasteiger partial charge on any atom is 0.328 e. The number of carboxylic acid groups (broad SMARTS) is 4. The predicted molar refractivity (Wildman–Crippen MR) is 129 cm³/mol. The molecule has 3 unspecified atom stereocenters. The average molecular weight is 569 g/mol. The van der Waals surface area contributed by atoms with Crippen LogP contribution in [-0.2, 0) is 42.6 Å². The number of ether oxygens (including phenoxy) is 1. The second-order valence-corrected chi connectivity index (χ2v) is 10.4. The van der Waals surface area contributed by atoms with Crippen LogP contribution in [0, 0.1) is 11.8 Å². The zero-order valence-corrected chi connectivity index (χ0v) is 22.0. The Morgan fingerprint density at radius 3 is 1.95 bits per heavy atom. The van der Waals surface area contributed by atoms with Crippen molar-refractivity contribution < 1.29 is 67.9 Å². The average Bonchev–Trinajstić information content (AvgIpc) is 2.80. The summed E-state index contributed by atoms with van der Waals surface area (Å²) < 4.78 is 22.1. The first-order chi connectivity index (χ1) is 17.7. The molecule has 0 aromatic carbocycles. The van der Waals surface area contributed by atoms with Crippen LogP contribution in [0.5, 0.6) is 0 Å². The van der Waals surface area contributed by atoms with Gasteiger partial charge in [-0.15, -0.1) is 0 Å². The summed E-state index contributed by atoms with van der Waals surface area (Å²) in [7, 11) is -4.51. The second-order valence-electron chi connectivity index (χ2n) is 8.55. The van der Waals surface area contributed by atoms with Crippen molar-refractivity contribution in [2.24, 2.45) is 11.8 Å². The van der Waals surface area contributed by atoms with Gasteiger partial charge >= 0.3 is 31.5 Å². The molecular formula is C22H36NO14P. The quantitative estimate of drug-likeness (QED) is 0.0741. The van der Waals surface area contributed by atoms with Gasteiger partial charge in [0, 0.05) is 32.3 Å². The van der Waals surface area contributed by atoms with Crippen molar-refractivity contribution in [1.82, 2.24) is 5.32 Å². The summed E-state index contributed by atoms with van der Waals surface area (Å²) in [6.45, 7) is 1.84. The first-order valence-electron chi connectivity index (χ1n) is 11.9. The molecule has 218 valence electrons. The van der Waals surface area contributed by atoms with Gasteiger partial charge in [-0.2, -0.15) is 0 Å². The van der Waals surface area contributed by atoms with E-state index in [9.17, 15) is 48.4 Å². The molecule has 0 heterocycles. The lowest BCUT2D eigenvalue weighted by Crippen LogP contribution is -2.41. The zero-order valence-electron chi connectivity index (χ0n) is 21.1. The molecule has 4 atom stereocenters. The highest BCUT2D eigenvalue weighted by Gasteiger charge is 2.31. The Morgan fingerprint density at radius 1 is 0.789 bits per heavy atom. The van der Waals surface area contributed by atoms with E-state index in [1.54, 1.807) is 0 Å². The van der Waals surface area contributed by atoms with Crippen LogP contribution in [0.3, 0.4) is 0 Å². The van der Waals surface area contributed by atoms with E-state index in [1.807, 2.05) is 6.92 Å². The molecule has 15 nitrogen and oxygen atoms in total. The molecule has 0 bridgehead atoms. The lowest BCUT2D eigenvalue weighted by molar-refractivity contribution is -0.145. The van der Waals surface area contributed by atoms with Crippen molar-refractivity contribution in [3.8, 4) is 0 Å². The summed E-state index contributed by atoms with van der Waals surface area (Å²) in [5, 5.41) is 38.7. The summed E-state index contributed by atoms with van der Waals surface area (Å²) >= 11 is 0. The molecule has 0 aliphatic rings. The number of hydrogen-bond donors (Lipinski definition) is 6. The molecular weight excluding hydrogens is 533 g/mol. The minimum absolute atomic E-state index is 0.0691. The molecule has 0 aliphatic carbocycles. The van der Waals surface area contributed by atoms with E-state index in [0.29, 0.717) is 6.61 Å². The number of nitrogens with one attached hydrogen (secondary N) is 1. The van der Waals surface area contributed by atoms with E-state index in [4.69, 9.17) is 19.5 Å². The molecule has 16 heteroatoms. The number of amides is 1. The van der Waals surface area contributed by atoms with Crippen molar-refractivity contribution in [2.45, 2.75) is 64.3 Å². The highest BCUT2D eigenvalue weighted by atomic mass is 31.2. The smallest absolute Gasteiger partial charge is 0.328 e. The SMILES string of the molecule is CCCOCCC(=O)N[C@H](CCC(=O)CC(CCOP(=O)(O)CC(CCC(=O)O)C(=O)O)C(=O)O)C(=O)O. The van der Waals surface area contributed by atoms with Crippen LogP contribution in [0.2, 0.25) is 0 Å². The van der Waals surface area contributed by atoms with E-state index in [1.165, 1.54) is 0 Å². The summed E-state index contributed by atoms with van der Waals surface area (Å²) in [5.74, 6) is -9.55. The Hall–Kier alpha value is -2.87. The highest BCUT2D eigenvalue weighted by molar-refractivity contribution is 7.52. The number of rotatable bonds is 23. The van der Waals surface area contributed by atoms with Crippen LogP contribution >= 0.6 is 7.60 Å². The molecule has 0 radical (unpaired) electrons. The van der Waals surface area contributed by atoms with E-state index in [0.717, 1.165) is 6.42 Å². The van der Waals surface area contributed by atoms with Gasteiger partial charge in [0.1, 0.15) is 11.8 Å². The number of carbonyl (C=O) groups is 6. The van der Waals surface area contributed by atoms with Gasteiger partial charge in [-0.3, -0.25) is 28.5 Å². The van der Waals surface area contributed by atoms with Crippen LogP contribution in [0.1, 0.15) is 58.3 Å². The standard InChI is InChI=1S/C22H36NO14P/c1-2-9-36-10-8-18(25)23-17(22(32)33)5-4-16(24)12-14(20(28)29)7-11-37-38(34,35)13-15(21(30)31)3-6-19(26)27/h14-15,17H,2-13H2,1H3,(H,23,25)(H,26,27)(H,28,29)(H,30,31)(H,32,33)(H,34,35)/t14?,15?,17-/m1/s1. The number of aliphatic carboxylic acids is 4. The number of hydrogen-bond acceptors (Lipinski definition) is 9. The third-order valence-electron chi connectivity index (χ3n) is 5.26. The fourth-order valence-corrected chi connectivity index (χ4v) is 4.58. The summed E-state index contributed by atoms with van der Waals surface area (Å²) in [4.78, 5) is 78.8. The zero-order chi connectivity index (χ0) is 29.3. The minimum atomic E-state index is -4.51. The van der Waals surface area contributed by atoms with Crippen molar-refractivity contribution >= 4 is 43.2 Å². The maximum absolute atomic E-state index is 12.3. The molecule has 6 N–H and O–H groups in total. The minimum Gasteiger partial charge on any atom is -0.481 e. The summed E-state index contributed by atoms with van der Waals surface area (Å²) in [6.07, 6.45) is -2.68. The van der Waals surface area contributed by atoms with Gasteiger partial charge in [0.15, 0.2) is 0 Å². The first-order valence-corrected chi connectivity index (χ1v) is 13.7. The van der Waals surface area contributed by atoms with E-state index in [-0.39, 0.29) is 32.3 Å². The van der Waals surface area contributed by atoms with Crippen molar-refractivity contribution in [3.63, 3.8) is 0 Å². The van der Waals surface area contributed by atoms with Crippen LogP contribution < -0.4 is 5.32 Å². The Morgan fingerprint density at radius 2 is 1.42 bits per heavy atom. The Balaban J connectivity index is 4.75. The predicted octanol–water partition coefficient (Wildman–Crippen LogP) is 0.970. The molecule has 0 fully saturated rings. The van der Waals surface area contributed by atoms with Crippen LogP contribution in [0.15, 0.2) is 0 Å². The molecule has 0 aliphatic heterocycles. The Bertz CT molecular complexity index is 876. The number of carboxylic acids is 4. The lowest BCUT2D eigenvalue weighted by atomic mass is 9.96. The largest absolute Gasteiger partial charge is 0.481 e. The van der Waals surface area contributed by atoms with Gasteiger partial charge < -0.3 is 39.9 Å². The monoisotopic (exact) mass is 569 g/mol. The molecule has 1 amide bonds. The Labute approximate surface area is 219 Å². The van der Waals surface area contributed by atoms with Crippen molar-refractivity contribution in [2.75, 3.05) is 26.0 Å². The molecule has 0 aromatic rings. The van der Waals surface area contributed by atoms with Gasteiger partial charge in [-0.25, -0.2) is 4.79 Å². The summed E-state index contributed by atoms with van der Waals surface area (Å²) in [5.41, 5.74) is 0.